The summed E-state index contributed by atoms with van der Waals surface area (Å²) >= 11 is 0. The van der Waals surface area contributed by atoms with Crippen LogP contribution in [0.1, 0.15) is 5.56 Å². The van der Waals surface area contributed by atoms with E-state index in [-0.39, 0.29) is 5.69 Å². The molecular weight excluding hydrogens is 143 g/mol. The van der Waals surface area contributed by atoms with Gasteiger partial charge >= 0.3 is 0 Å². The van der Waals surface area contributed by atoms with Crippen molar-refractivity contribution in [2.75, 3.05) is 5.32 Å². The van der Waals surface area contributed by atoms with Crippen LogP contribution >= 0.6 is 0 Å². The average molecular weight is 150 g/mol. The van der Waals surface area contributed by atoms with Crippen LogP contribution in [0.3, 0.4) is 0 Å². The first-order valence-electron chi connectivity index (χ1n) is 3.16. The van der Waals surface area contributed by atoms with Gasteiger partial charge in [-0.25, -0.2) is 4.39 Å². The molecule has 0 atom stereocenters. The van der Waals surface area contributed by atoms with E-state index in [4.69, 9.17) is 5.26 Å². The van der Waals surface area contributed by atoms with Gasteiger partial charge in [0.15, 0.2) is 6.19 Å². The first-order chi connectivity index (χ1) is 5.25. The molecule has 1 rings (SSSR count). The Labute approximate surface area is 64.3 Å². The highest BCUT2D eigenvalue weighted by molar-refractivity contribution is 5.54. The number of nitrogens with zero attached hydrogens (tertiary/aromatic N) is 1. The number of hydrogen-bond acceptors (Lipinski definition) is 2. The summed E-state index contributed by atoms with van der Waals surface area (Å²) in [5.41, 5.74) is 0.988. The van der Waals surface area contributed by atoms with Crippen LogP contribution in [0, 0.1) is 24.2 Å². The lowest BCUT2D eigenvalue weighted by atomic mass is 10.2. The Kier molecular flexibility index (Phi) is 2.07. The van der Waals surface area contributed by atoms with Crippen LogP contribution in [0.5, 0.6) is 0 Å². The molecule has 1 aromatic rings. The minimum atomic E-state index is -0.397. The number of hydrogen-bond donors (Lipinski definition) is 1. The molecule has 0 heterocycles. The molecule has 0 radical (unpaired) electrons. The minimum absolute atomic E-state index is 0.259. The van der Waals surface area contributed by atoms with E-state index >= 15 is 0 Å². The number of benzene rings is 1. The van der Waals surface area contributed by atoms with Crippen LogP contribution in [-0.2, 0) is 0 Å². The molecule has 3 heteroatoms. The number of para-hydroxylation sites is 1. The zero-order valence-corrected chi connectivity index (χ0v) is 6.06. The molecule has 56 valence electrons. The summed E-state index contributed by atoms with van der Waals surface area (Å²) in [5, 5.41) is 10.5. The second-order valence-corrected chi connectivity index (χ2v) is 2.17. The highest BCUT2D eigenvalue weighted by Crippen LogP contribution is 2.17. The number of anilines is 1. The summed E-state index contributed by atoms with van der Waals surface area (Å²) in [4.78, 5) is 0. The first-order valence-corrected chi connectivity index (χ1v) is 3.16. The topological polar surface area (TPSA) is 35.8 Å². The molecule has 0 aliphatic rings. The Morgan fingerprint density at radius 2 is 2.27 bits per heavy atom. The van der Waals surface area contributed by atoms with Crippen molar-refractivity contribution in [3.63, 3.8) is 0 Å². The molecule has 11 heavy (non-hydrogen) atoms. The van der Waals surface area contributed by atoms with Crippen LogP contribution in [0.15, 0.2) is 18.2 Å². The zero-order chi connectivity index (χ0) is 8.27. The van der Waals surface area contributed by atoms with Gasteiger partial charge in [-0.1, -0.05) is 12.1 Å². The molecule has 0 saturated carbocycles. The van der Waals surface area contributed by atoms with Crippen LogP contribution in [-0.4, -0.2) is 0 Å². The van der Waals surface area contributed by atoms with E-state index in [1.165, 1.54) is 6.07 Å². The third-order valence-electron chi connectivity index (χ3n) is 1.40. The van der Waals surface area contributed by atoms with E-state index in [9.17, 15) is 4.39 Å². The fourth-order valence-electron chi connectivity index (χ4n) is 0.846. The first kappa shape index (κ1) is 7.55. The van der Waals surface area contributed by atoms with Crippen molar-refractivity contribution < 1.29 is 4.39 Å². The van der Waals surface area contributed by atoms with Crippen molar-refractivity contribution in [2.24, 2.45) is 0 Å². The SMILES string of the molecule is Cc1cccc(F)c1NC#N. The maximum absolute atomic E-state index is 12.8. The van der Waals surface area contributed by atoms with E-state index in [1.54, 1.807) is 25.2 Å². The van der Waals surface area contributed by atoms with Crippen molar-refractivity contribution >= 4 is 5.69 Å². The van der Waals surface area contributed by atoms with E-state index < -0.39 is 5.82 Å². The summed E-state index contributed by atoms with van der Waals surface area (Å²) in [6, 6.07) is 4.66. The van der Waals surface area contributed by atoms with Gasteiger partial charge in [0, 0.05) is 0 Å². The monoisotopic (exact) mass is 150 g/mol. The maximum Gasteiger partial charge on any atom is 0.181 e. The molecule has 0 spiro atoms. The summed E-state index contributed by atoms with van der Waals surface area (Å²) in [7, 11) is 0. The Morgan fingerprint density at radius 1 is 1.55 bits per heavy atom. The number of halogens is 1. The molecule has 0 saturated heterocycles. The average Bonchev–Trinajstić information content (AvgIpc) is 1.97. The lowest BCUT2D eigenvalue weighted by molar-refractivity contribution is 0.631. The Balaban J connectivity index is 3.12. The Morgan fingerprint density at radius 3 is 2.82 bits per heavy atom. The molecule has 1 N–H and O–H groups in total. The smallest absolute Gasteiger partial charge is 0.181 e. The van der Waals surface area contributed by atoms with Crippen molar-refractivity contribution in [2.45, 2.75) is 6.92 Å². The molecule has 0 fully saturated rings. The number of aryl methyl sites for hydroxylation is 1. The number of nitriles is 1. The Bertz CT molecular complexity index is 281. The van der Waals surface area contributed by atoms with Gasteiger partial charge in [0.1, 0.15) is 5.82 Å². The maximum atomic E-state index is 12.8. The van der Waals surface area contributed by atoms with Gasteiger partial charge in [-0.2, -0.15) is 5.26 Å². The minimum Gasteiger partial charge on any atom is -0.290 e. The molecule has 0 amide bonds. The molecule has 1 aromatic carbocycles. The molecule has 0 aliphatic carbocycles. The van der Waals surface area contributed by atoms with Crippen molar-refractivity contribution in [1.29, 1.82) is 5.26 Å². The van der Waals surface area contributed by atoms with Gasteiger partial charge in [0.25, 0.3) is 0 Å². The summed E-state index contributed by atoms with van der Waals surface area (Å²) < 4.78 is 12.8. The summed E-state index contributed by atoms with van der Waals surface area (Å²) in [6.07, 6.45) is 1.68. The largest absolute Gasteiger partial charge is 0.290 e. The second kappa shape index (κ2) is 3.02. The second-order valence-electron chi connectivity index (χ2n) is 2.17. The molecular formula is C8H7FN2. The quantitative estimate of drug-likeness (QED) is 0.491. The van der Waals surface area contributed by atoms with Crippen molar-refractivity contribution in [3.05, 3.63) is 29.6 Å². The van der Waals surface area contributed by atoms with E-state index in [0.717, 1.165) is 5.56 Å². The van der Waals surface area contributed by atoms with E-state index in [1.807, 2.05) is 0 Å². The predicted octanol–water partition coefficient (Wildman–Crippen LogP) is 2.03. The van der Waals surface area contributed by atoms with Gasteiger partial charge in [-0.15, -0.1) is 0 Å². The molecule has 0 unspecified atom stereocenters. The number of rotatable bonds is 1. The van der Waals surface area contributed by atoms with Gasteiger partial charge in [-0.3, -0.25) is 5.32 Å². The molecule has 2 nitrogen and oxygen atoms in total. The fraction of sp³-hybridized carbons (Fsp3) is 0.125. The summed E-state index contributed by atoms with van der Waals surface area (Å²) in [6.45, 7) is 1.74. The van der Waals surface area contributed by atoms with Crippen molar-refractivity contribution in [1.82, 2.24) is 0 Å². The van der Waals surface area contributed by atoms with Crippen molar-refractivity contribution in [3.8, 4) is 6.19 Å². The normalized spacial score (nSPS) is 8.82. The molecule has 0 aromatic heterocycles. The van der Waals surface area contributed by atoms with Gasteiger partial charge in [-0.05, 0) is 18.6 Å². The Hall–Kier alpha value is -1.56. The third-order valence-corrected chi connectivity index (χ3v) is 1.40. The van der Waals surface area contributed by atoms with E-state index in [0.29, 0.717) is 0 Å². The highest BCUT2D eigenvalue weighted by atomic mass is 19.1. The zero-order valence-electron chi connectivity index (χ0n) is 6.06. The van der Waals surface area contributed by atoms with Crippen LogP contribution in [0.2, 0.25) is 0 Å². The third kappa shape index (κ3) is 1.47. The van der Waals surface area contributed by atoms with Gasteiger partial charge in [0.05, 0.1) is 5.69 Å². The molecule has 0 aliphatic heterocycles. The van der Waals surface area contributed by atoms with E-state index in [2.05, 4.69) is 5.32 Å². The summed E-state index contributed by atoms with van der Waals surface area (Å²) in [5.74, 6) is -0.397. The van der Waals surface area contributed by atoms with Crippen LogP contribution < -0.4 is 5.32 Å². The predicted molar refractivity (Wildman–Crippen MR) is 40.4 cm³/mol. The lowest BCUT2D eigenvalue weighted by Crippen LogP contribution is -1.94. The fourth-order valence-corrected chi connectivity index (χ4v) is 0.846. The molecule has 0 bridgehead atoms. The number of nitrogens with one attached hydrogen (secondary N) is 1. The highest BCUT2D eigenvalue weighted by Gasteiger charge is 2.01. The van der Waals surface area contributed by atoms with Crippen LogP contribution in [0.25, 0.3) is 0 Å². The standard InChI is InChI=1S/C8H7FN2/c1-6-3-2-4-7(9)8(6)11-5-10/h2-4,11H,1H3. The van der Waals surface area contributed by atoms with Crippen LogP contribution in [0.4, 0.5) is 10.1 Å². The van der Waals surface area contributed by atoms with Gasteiger partial charge < -0.3 is 0 Å². The van der Waals surface area contributed by atoms with Gasteiger partial charge in [0.2, 0.25) is 0 Å². The lowest BCUT2D eigenvalue weighted by Gasteiger charge is -2.02.